The van der Waals surface area contributed by atoms with Crippen molar-refractivity contribution in [3.8, 4) is 0 Å². The Morgan fingerprint density at radius 3 is 2.83 bits per heavy atom. The van der Waals surface area contributed by atoms with Gasteiger partial charge in [-0.05, 0) is 24.1 Å². The Hall–Kier alpha value is -1.36. The summed E-state index contributed by atoms with van der Waals surface area (Å²) in [5, 5.41) is 4.68. The molecule has 0 unspecified atom stereocenters. The zero-order chi connectivity index (χ0) is 16.8. The third kappa shape index (κ3) is 4.80. The number of aromatic nitrogens is 2. The van der Waals surface area contributed by atoms with Crippen LogP contribution in [0.2, 0.25) is 10.0 Å². The fourth-order valence-electron chi connectivity index (χ4n) is 2.47. The molecule has 1 aromatic carbocycles. The van der Waals surface area contributed by atoms with Crippen molar-refractivity contribution in [3.05, 3.63) is 51.5 Å². The van der Waals surface area contributed by atoms with Gasteiger partial charge in [-0.2, -0.15) is 0 Å². The number of hydrogen-bond acceptors (Lipinski definition) is 3. The number of Topliss-reactive ketones (excluding diaryl/α,β-unsaturated/α-hetero) is 1. The maximum atomic E-state index is 11.1. The van der Waals surface area contributed by atoms with Crippen molar-refractivity contribution in [3.63, 3.8) is 0 Å². The maximum Gasteiger partial charge on any atom is 0.177 e. The summed E-state index contributed by atoms with van der Waals surface area (Å²) in [6.07, 6.45) is 3.79. The van der Waals surface area contributed by atoms with E-state index in [2.05, 4.69) is 17.2 Å². The van der Waals surface area contributed by atoms with Gasteiger partial charge in [0.05, 0.1) is 12.7 Å². The number of fused-ring (bicyclic) bond motifs is 1. The first-order chi connectivity index (χ1) is 11.0. The first-order valence-corrected chi connectivity index (χ1v) is 8.48. The molecule has 1 aliphatic rings. The molecule has 124 valence electrons. The molecule has 1 aromatic heterocycles. The average molecular weight is 354 g/mol. The number of carbonyl (C=O) groups excluding carboxylic acids is 1. The van der Waals surface area contributed by atoms with Gasteiger partial charge in [0.15, 0.2) is 5.78 Å². The van der Waals surface area contributed by atoms with Gasteiger partial charge in [0, 0.05) is 30.1 Å². The SMILES string of the molecule is CC(=O)c1cnc2n1CCNC2.CCCc1ccc(Cl)cc1Cl. The van der Waals surface area contributed by atoms with E-state index in [0.29, 0.717) is 5.02 Å². The number of nitrogens with one attached hydrogen (secondary N) is 1. The highest BCUT2D eigenvalue weighted by Crippen LogP contribution is 2.21. The van der Waals surface area contributed by atoms with Crippen molar-refractivity contribution in [2.75, 3.05) is 6.54 Å². The van der Waals surface area contributed by atoms with Gasteiger partial charge in [0.2, 0.25) is 0 Å². The second-order valence-electron chi connectivity index (χ2n) is 5.43. The molecule has 0 spiro atoms. The van der Waals surface area contributed by atoms with Crippen molar-refractivity contribution >= 4 is 29.0 Å². The standard InChI is InChI=1S/C9H10Cl2.C8H11N3O/c1-2-3-7-4-5-8(10)6-9(7)11;1-6(12)7-4-10-8-5-9-2-3-11(7)8/h4-6H,2-3H2,1H3;4,9H,2-3,5H2,1H3. The quantitative estimate of drug-likeness (QED) is 0.843. The molecule has 0 fully saturated rings. The topological polar surface area (TPSA) is 46.9 Å². The van der Waals surface area contributed by atoms with E-state index in [-0.39, 0.29) is 5.78 Å². The predicted molar refractivity (Wildman–Crippen MR) is 94.4 cm³/mol. The van der Waals surface area contributed by atoms with Crippen LogP contribution < -0.4 is 5.32 Å². The fourth-order valence-corrected chi connectivity index (χ4v) is 2.97. The van der Waals surface area contributed by atoms with Gasteiger partial charge in [-0.3, -0.25) is 4.79 Å². The average Bonchev–Trinajstić information content (AvgIpc) is 2.95. The van der Waals surface area contributed by atoms with E-state index in [0.717, 1.165) is 49.0 Å². The number of benzene rings is 1. The summed E-state index contributed by atoms with van der Waals surface area (Å²) in [5.74, 6) is 1.06. The minimum absolute atomic E-state index is 0.0932. The Kier molecular flexibility index (Phi) is 6.63. The van der Waals surface area contributed by atoms with Gasteiger partial charge in [0.1, 0.15) is 11.5 Å². The second-order valence-corrected chi connectivity index (χ2v) is 6.27. The molecule has 0 aliphatic carbocycles. The molecule has 6 heteroatoms. The van der Waals surface area contributed by atoms with Gasteiger partial charge < -0.3 is 9.88 Å². The van der Waals surface area contributed by atoms with Crippen LogP contribution >= 0.6 is 23.2 Å². The Morgan fingerprint density at radius 1 is 1.39 bits per heavy atom. The van der Waals surface area contributed by atoms with Crippen molar-refractivity contribution in [2.24, 2.45) is 0 Å². The van der Waals surface area contributed by atoms with Crippen LogP contribution in [0, 0.1) is 0 Å². The lowest BCUT2D eigenvalue weighted by Crippen LogP contribution is -2.29. The molecule has 23 heavy (non-hydrogen) atoms. The molecule has 1 aliphatic heterocycles. The smallest absolute Gasteiger partial charge is 0.177 e. The first kappa shape index (κ1) is 18.0. The molecule has 0 atom stereocenters. The molecule has 0 saturated heterocycles. The van der Waals surface area contributed by atoms with Gasteiger partial charge in [-0.1, -0.05) is 42.6 Å². The monoisotopic (exact) mass is 353 g/mol. The van der Waals surface area contributed by atoms with E-state index >= 15 is 0 Å². The minimum atomic E-state index is 0.0932. The van der Waals surface area contributed by atoms with Crippen LogP contribution in [0.3, 0.4) is 0 Å². The van der Waals surface area contributed by atoms with Crippen LogP contribution in [-0.2, 0) is 19.5 Å². The first-order valence-electron chi connectivity index (χ1n) is 7.73. The molecule has 4 nitrogen and oxygen atoms in total. The second kappa shape index (κ2) is 8.48. The Morgan fingerprint density at radius 2 is 2.17 bits per heavy atom. The third-order valence-corrected chi connectivity index (χ3v) is 4.22. The molecule has 1 N–H and O–H groups in total. The summed E-state index contributed by atoms with van der Waals surface area (Å²) in [7, 11) is 0. The van der Waals surface area contributed by atoms with E-state index < -0.39 is 0 Å². The highest BCUT2D eigenvalue weighted by Gasteiger charge is 2.15. The fraction of sp³-hybridized carbons (Fsp3) is 0.412. The van der Waals surface area contributed by atoms with E-state index in [4.69, 9.17) is 23.2 Å². The van der Waals surface area contributed by atoms with Crippen LogP contribution in [0.4, 0.5) is 0 Å². The van der Waals surface area contributed by atoms with Gasteiger partial charge in [0.25, 0.3) is 0 Å². The van der Waals surface area contributed by atoms with Gasteiger partial charge in [-0.15, -0.1) is 0 Å². The van der Waals surface area contributed by atoms with Gasteiger partial charge in [-0.25, -0.2) is 4.98 Å². The van der Waals surface area contributed by atoms with Crippen LogP contribution in [0.15, 0.2) is 24.4 Å². The highest BCUT2D eigenvalue weighted by molar-refractivity contribution is 6.35. The summed E-state index contributed by atoms with van der Waals surface area (Å²) >= 11 is 11.7. The molecule has 0 radical (unpaired) electrons. The van der Waals surface area contributed by atoms with Crippen LogP contribution in [-0.4, -0.2) is 21.9 Å². The summed E-state index contributed by atoms with van der Waals surface area (Å²) in [6, 6.07) is 5.64. The van der Waals surface area contributed by atoms with Crippen molar-refractivity contribution in [2.45, 2.75) is 39.8 Å². The minimum Gasteiger partial charge on any atom is -0.323 e. The predicted octanol–water partition coefficient (Wildman–Crippen LogP) is 4.13. The lowest BCUT2D eigenvalue weighted by molar-refractivity contribution is 0.100. The third-order valence-electron chi connectivity index (χ3n) is 3.63. The number of imidazole rings is 1. The number of ketones is 1. The largest absolute Gasteiger partial charge is 0.323 e. The lowest BCUT2D eigenvalue weighted by Gasteiger charge is -2.16. The molecular weight excluding hydrogens is 333 g/mol. The van der Waals surface area contributed by atoms with Crippen molar-refractivity contribution in [1.29, 1.82) is 0 Å². The van der Waals surface area contributed by atoms with E-state index in [9.17, 15) is 4.79 Å². The number of carbonyl (C=O) groups is 1. The van der Waals surface area contributed by atoms with Crippen LogP contribution in [0.1, 0.15) is 42.1 Å². The zero-order valence-corrected chi connectivity index (χ0v) is 14.9. The number of aryl methyl sites for hydroxylation is 1. The van der Waals surface area contributed by atoms with Crippen molar-refractivity contribution in [1.82, 2.24) is 14.9 Å². The normalized spacial score (nSPS) is 13.0. The molecule has 0 bridgehead atoms. The molecule has 0 saturated carbocycles. The molecule has 2 aromatic rings. The van der Waals surface area contributed by atoms with Crippen LogP contribution in [0.25, 0.3) is 0 Å². The van der Waals surface area contributed by atoms with E-state index in [1.807, 2.05) is 16.7 Å². The van der Waals surface area contributed by atoms with E-state index in [1.54, 1.807) is 19.2 Å². The van der Waals surface area contributed by atoms with Crippen molar-refractivity contribution < 1.29 is 4.79 Å². The van der Waals surface area contributed by atoms with E-state index in [1.165, 1.54) is 5.56 Å². The zero-order valence-electron chi connectivity index (χ0n) is 13.4. The lowest BCUT2D eigenvalue weighted by atomic mass is 10.1. The summed E-state index contributed by atoms with van der Waals surface area (Å²) in [5.41, 5.74) is 1.91. The molecule has 2 heterocycles. The Bertz CT molecular complexity index is 682. The maximum absolute atomic E-state index is 11.1. The number of halogens is 2. The number of nitrogens with zero attached hydrogens (tertiary/aromatic N) is 2. The highest BCUT2D eigenvalue weighted by atomic mass is 35.5. The number of rotatable bonds is 3. The summed E-state index contributed by atoms with van der Waals surface area (Å²) in [6.45, 7) is 6.25. The summed E-state index contributed by atoms with van der Waals surface area (Å²) < 4.78 is 1.98. The Balaban J connectivity index is 0.000000168. The van der Waals surface area contributed by atoms with Gasteiger partial charge >= 0.3 is 0 Å². The molecular formula is C17H21Cl2N3O. The van der Waals surface area contributed by atoms with Crippen LogP contribution in [0.5, 0.6) is 0 Å². The number of hydrogen-bond donors (Lipinski definition) is 1. The molecule has 0 amide bonds. The summed E-state index contributed by atoms with van der Waals surface area (Å²) in [4.78, 5) is 15.3. The molecule has 3 rings (SSSR count). The Labute approximate surface area is 146 Å².